The molecule has 3 nitrogen and oxygen atoms in total. The topological polar surface area (TPSA) is 49.3 Å². The number of carboxylic acids is 1. The molecule has 0 atom stereocenters. The van der Waals surface area contributed by atoms with Crippen molar-refractivity contribution in [2.24, 2.45) is 5.92 Å². The van der Waals surface area contributed by atoms with Gasteiger partial charge in [-0.1, -0.05) is 13.8 Å². The lowest BCUT2D eigenvalue weighted by molar-refractivity contribution is 0.0697. The van der Waals surface area contributed by atoms with Gasteiger partial charge in [0.05, 0.1) is 5.56 Å². The number of rotatable bonds is 4. The minimum absolute atomic E-state index is 0.336. The smallest absolute Gasteiger partial charge is 0.335 e. The Balaban J connectivity index is 2.79. The van der Waals surface area contributed by atoms with Crippen molar-refractivity contribution in [2.45, 2.75) is 20.8 Å². The zero-order valence-electron chi connectivity index (χ0n) is 9.37. The SMILES string of the molecule is Cc1cc(C(=O)O)ccc1NCC(C)C. The maximum atomic E-state index is 10.7. The lowest BCUT2D eigenvalue weighted by Gasteiger charge is -2.11. The average Bonchev–Trinajstić information content (AvgIpc) is 2.15. The normalized spacial score (nSPS) is 10.4. The van der Waals surface area contributed by atoms with Crippen LogP contribution < -0.4 is 5.32 Å². The fraction of sp³-hybridized carbons (Fsp3) is 0.417. The van der Waals surface area contributed by atoms with Crippen LogP contribution in [0.4, 0.5) is 5.69 Å². The molecule has 0 saturated carbocycles. The molecule has 0 unspecified atom stereocenters. The number of carboxylic acid groups (broad SMARTS) is 1. The highest BCUT2D eigenvalue weighted by atomic mass is 16.4. The minimum atomic E-state index is -0.881. The van der Waals surface area contributed by atoms with Gasteiger partial charge in [-0.2, -0.15) is 0 Å². The van der Waals surface area contributed by atoms with Crippen LogP contribution >= 0.6 is 0 Å². The molecule has 0 aromatic heterocycles. The highest BCUT2D eigenvalue weighted by Gasteiger charge is 2.05. The molecule has 82 valence electrons. The maximum absolute atomic E-state index is 10.7. The summed E-state index contributed by atoms with van der Waals surface area (Å²) < 4.78 is 0. The first-order valence-corrected chi connectivity index (χ1v) is 5.08. The second-order valence-corrected chi connectivity index (χ2v) is 4.11. The lowest BCUT2D eigenvalue weighted by Crippen LogP contribution is -2.09. The molecule has 15 heavy (non-hydrogen) atoms. The van der Waals surface area contributed by atoms with Gasteiger partial charge in [0.15, 0.2) is 0 Å². The Morgan fingerprint density at radius 1 is 1.47 bits per heavy atom. The zero-order valence-corrected chi connectivity index (χ0v) is 9.37. The average molecular weight is 207 g/mol. The van der Waals surface area contributed by atoms with Crippen molar-refractivity contribution in [3.8, 4) is 0 Å². The van der Waals surface area contributed by atoms with E-state index in [1.807, 2.05) is 13.0 Å². The molecule has 0 fully saturated rings. The fourth-order valence-corrected chi connectivity index (χ4v) is 1.31. The second-order valence-electron chi connectivity index (χ2n) is 4.11. The predicted octanol–water partition coefficient (Wildman–Crippen LogP) is 2.76. The van der Waals surface area contributed by atoms with E-state index in [4.69, 9.17) is 5.11 Å². The first-order chi connectivity index (χ1) is 7.00. The zero-order chi connectivity index (χ0) is 11.4. The standard InChI is InChI=1S/C12H17NO2/c1-8(2)7-13-11-5-4-10(12(14)15)6-9(11)3/h4-6,8,13H,7H2,1-3H3,(H,14,15). The fourth-order valence-electron chi connectivity index (χ4n) is 1.31. The molecular formula is C12H17NO2. The van der Waals surface area contributed by atoms with E-state index in [0.717, 1.165) is 17.8 Å². The lowest BCUT2D eigenvalue weighted by atomic mass is 10.1. The first-order valence-electron chi connectivity index (χ1n) is 5.08. The number of nitrogens with one attached hydrogen (secondary N) is 1. The number of hydrogen-bond acceptors (Lipinski definition) is 2. The van der Waals surface area contributed by atoms with Gasteiger partial charge < -0.3 is 10.4 Å². The van der Waals surface area contributed by atoms with Crippen LogP contribution in [0.5, 0.6) is 0 Å². The van der Waals surface area contributed by atoms with Crippen LogP contribution in [-0.2, 0) is 0 Å². The Morgan fingerprint density at radius 3 is 2.60 bits per heavy atom. The predicted molar refractivity (Wildman–Crippen MR) is 61.5 cm³/mol. The molecule has 0 heterocycles. The summed E-state index contributed by atoms with van der Waals surface area (Å²) >= 11 is 0. The van der Waals surface area contributed by atoms with E-state index in [1.54, 1.807) is 12.1 Å². The highest BCUT2D eigenvalue weighted by molar-refractivity contribution is 5.88. The third kappa shape index (κ3) is 3.27. The number of aryl methyl sites for hydroxylation is 1. The van der Waals surface area contributed by atoms with E-state index >= 15 is 0 Å². The Morgan fingerprint density at radius 2 is 2.13 bits per heavy atom. The Kier molecular flexibility index (Phi) is 3.72. The Labute approximate surface area is 90.1 Å². The Hall–Kier alpha value is -1.51. The third-order valence-electron chi connectivity index (χ3n) is 2.17. The highest BCUT2D eigenvalue weighted by Crippen LogP contribution is 2.16. The molecular weight excluding hydrogens is 190 g/mol. The van der Waals surface area contributed by atoms with Crippen LogP contribution in [0.3, 0.4) is 0 Å². The summed E-state index contributed by atoms with van der Waals surface area (Å²) in [6, 6.07) is 5.13. The van der Waals surface area contributed by atoms with Crippen LogP contribution in [0.1, 0.15) is 29.8 Å². The molecule has 0 saturated heterocycles. The summed E-state index contributed by atoms with van der Waals surface area (Å²) in [5, 5.41) is 12.1. The van der Waals surface area contributed by atoms with Crippen LogP contribution in [-0.4, -0.2) is 17.6 Å². The van der Waals surface area contributed by atoms with Crippen molar-refractivity contribution >= 4 is 11.7 Å². The van der Waals surface area contributed by atoms with E-state index in [-0.39, 0.29) is 0 Å². The van der Waals surface area contributed by atoms with E-state index in [2.05, 4.69) is 19.2 Å². The second kappa shape index (κ2) is 4.82. The van der Waals surface area contributed by atoms with Crippen LogP contribution in [0.25, 0.3) is 0 Å². The Bertz CT molecular complexity index is 359. The molecule has 2 N–H and O–H groups in total. The summed E-state index contributed by atoms with van der Waals surface area (Å²) in [4.78, 5) is 10.7. The number of benzene rings is 1. The van der Waals surface area contributed by atoms with Gasteiger partial charge in [-0.15, -0.1) is 0 Å². The van der Waals surface area contributed by atoms with Crippen molar-refractivity contribution in [1.82, 2.24) is 0 Å². The number of hydrogen-bond donors (Lipinski definition) is 2. The van der Waals surface area contributed by atoms with Gasteiger partial charge in [0.2, 0.25) is 0 Å². The summed E-state index contributed by atoms with van der Waals surface area (Å²) in [5.41, 5.74) is 2.31. The molecule has 0 amide bonds. The molecule has 1 aromatic rings. The largest absolute Gasteiger partial charge is 0.478 e. The third-order valence-corrected chi connectivity index (χ3v) is 2.17. The molecule has 0 bridgehead atoms. The van der Waals surface area contributed by atoms with Crippen molar-refractivity contribution in [3.63, 3.8) is 0 Å². The molecule has 0 radical (unpaired) electrons. The van der Waals surface area contributed by atoms with Gasteiger partial charge in [-0.3, -0.25) is 0 Å². The van der Waals surface area contributed by atoms with Crippen LogP contribution in [0.15, 0.2) is 18.2 Å². The molecule has 1 aromatic carbocycles. The van der Waals surface area contributed by atoms with Gasteiger partial charge in [0.25, 0.3) is 0 Å². The quantitative estimate of drug-likeness (QED) is 0.798. The van der Waals surface area contributed by atoms with Crippen molar-refractivity contribution in [3.05, 3.63) is 29.3 Å². The van der Waals surface area contributed by atoms with E-state index < -0.39 is 5.97 Å². The van der Waals surface area contributed by atoms with Gasteiger partial charge >= 0.3 is 5.97 Å². The van der Waals surface area contributed by atoms with Crippen molar-refractivity contribution in [2.75, 3.05) is 11.9 Å². The molecule has 0 aliphatic carbocycles. The van der Waals surface area contributed by atoms with Crippen molar-refractivity contribution in [1.29, 1.82) is 0 Å². The van der Waals surface area contributed by atoms with Crippen LogP contribution in [0, 0.1) is 12.8 Å². The summed E-state index contributed by atoms with van der Waals surface area (Å²) in [6.07, 6.45) is 0. The summed E-state index contributed by atoms with van der Waals surface area (Å²) in [5.74, 6) is -0.308. The first kappa shape index (κ1) is 11.6. The molecule has 0 aliphatic heterocycles. The number of anilines is 1. The van der Waals surface area contributed by atoms with Gasteiger partial charge in [0.1, 0.15) is 0 Å². The molecule has 1 rings (SSSR count). The summed E-state index contributed by atoms with van der Waals surface area (Å²) in [7, 11) is 0. The van der Waals surface area contributed by atoms with E-state index in [1.165, 1.54) is 0 Å². The summed E-state index contributed by atoms with van der Waals surface area (Å²) in [6.45, 7) is 7.07. The molecule has 3 heteroatoms. The number of aromatic carboxylic acids is 1. The maximum Gasteiger partial charge on any atom is 0.335 e. The number of carbonyl (C=O) groups is 1. The van der Waals surface area contributed by atoms with Crippen LogP contribution in [0.2, 0.25) is 0 Å². The van der Waals surface area contributed by atoms with Gasteiger partial charge in [-0.05, 0) is 36.6 Å². The van der Waals surface area contributed by atoms with Gasteiger partial charge in [0, 0.05) is 12.2 Å². The minimum Gasteiger partial charge on any atom is -0.478 e. The van der Waals surface area contributed by atoms with E-state index in [0.29, 0.717) is 11.5 Å². The molecule has 0 aliphatic rings. The monoisotopic (exact) mass is 207 g/mol. The van der Waals surface area contributed by atoms with Crippen molar-refractivity contribution < 1.29 is 9.90 Å². The molecule has 0 spiro atoms. The van der Waals surface area contributed by atoms with E-state index in [9.17, 15) is 4.79 Å². The van der Waals surface area contributed by atoms with Gasteiger partial charge in [-0.25, -0.2) is 4.79 Å².